The van der Waals surface area contributed by atoms with Crippen LogP contribution in [0.1, 0.15) is 24.8 Å². The van der Waals surface area contributed by atoms with Crippen molar-refractivity contribution in [1.82, 2.24) is 0 Å². The van der Waals surface area contributed by atoms with Crippen molar-refractivity contribution in [1.29, 1.82) is 0 Å². The molecule has 0 aliphatic rings. The Labute approximate surface area is 97.4 Å². The normalized spacial score (nSPS) is 14.6. The molecule has 1 rings (SSSR count). The van der Waals surface area contributed by atoms with Gasteiger partial charge in [0, 0.05) is 10.4 Å². The van der Waals surface area contributed by atoms with Crippen LogP contribution < -0.4 is 5.73 Å². The summed E-state index contributed by atoms with van der Waals surface area (Å²) in [4.78, 5) is 10.8. The molecule has 0 heterocycles. The van der Waals surface area contributed by atoms with Crippen LogP contribution in [0, 0.1) is 0 Å². The van der Waals surface area contributed by atoms with E-state index in [4.69, 9.17) is 10.8 Å². The number of hydrogen-bond acceptors (Lipinski definition) is 2. The van der Waals surface area contributed by atoms with Gasteiger partial charge in [-0.05, 0) is 24.1 Å². The lowest BCUT2D eigenvalue weighted by molar-refractivity contribution is -0.139. The minimum absolute atomic E-state index is 0.129. The van der Waals surface area contributed by atoms with Gasteiger partial charge in [-0.25, -0.2) is 0 Å². The van der Waals surface area contributed by atoms with E-state index < -0.39 is 12.0 Å². The molecule has 1 aromatic rings. The van der Waals surface area contributed by atoms with E-state index in [9.17, 15) is 4.79 Å². The van der Waals surface area contributed by atoms with Crippen molar-refractivity contribution in [3.63, 3.8) is 0 Å². The lowest BCUT2D eigenvalue weighted by atomic mass is 9.90. The summed E-state index contributed by atoms with van der Waals surface area (Å²) in [5.41, 5.74) is 6.60. The predicted octanol–water partition coefficient (Wildman–Crippen LogP) is 2.35. The Bertz CT molecular complexity index is 337. The number of nitrogens with two attached hydrogens (primary N) is 1. The maximum atomic E-state index is 10.8. The van der Waals surface area contributed by atoms with Crippen molar-refractivity contribution in [3.05, 3.63) is 34.3 Å². The van der Waals surface area contributed by atoms with Gasteiger partial charge in [0.1, 0.15) is 6.04 Å². The fraction of sp³-hybridized carbons (Fsp3) is 0.364. The number of aliphatic carboxylic acids is 1. The van der Waals surface area contributed by atoms with Crippen LogP contribution in [0.4, 0.5) is 0 Å². The summed E-state index contributed by atoms with van der Waals surface area (Å²) in [6.45, 7) is 1.94. The van der Waals surface area contributed by atoms with E-state index in [0.29, 0.717) is 0 Å². The van der Waals surface area contributed by atoms with Crippen LogP contribution in [-0.2, 0) is 4.79 Å². The third-order valence-corrected chi connectivity index (χ3v) is 2.99. The van der Waals surface area contributed by atoms with E-state index >= 15 is 0 Å². The Morgan fingerprint density at radius 3 is 2.40 bits per heavy atom. The summed E-state index contributed by atoms with van der Waals surface area (Å²) < 4.78 is 0.977. The first-order chi connectivity index (χ1) is 7.06. The van der Waals surface area contributed by atoms with Gasteiger partial charge in [-0.3, -0.25) is 4.79 Å². The van der Waals surface area contributed by atoms with E-state index in [-0.39, 0.29) is 5.92 Å². The molecule has 0 spiro atoms. The summed E-state index contributed by atoms with van der Waals surface area (Å²) in [7, 11) is 0. The average molecular weight is 272 g/mol. The van der Waals surface area contributed by atoms with Crippen molar-refractivity contribution < 1.29 is 9.90 Å². The fourth-order valence-corrected chi connectivity index (χ4v) is 1.84. The topological polar surface area (TPSA) is 63.3 Å². The van der Waals surface area contributed by atoms with Gasteiger partial charge in [0.25, 0.3) is 0 Å². The highest BCUT2D eigenvalue weighted by molar-refractivity contribution is 9.10. The molecule has 0 aliphatic heterocycles. The second-order valence-corrected chi connectivity index (χ2v) is 4.35. The van der Waals surface area contributed by atoms with Crippen LogP contribution in [0.3, 0.4) is 0 Å². The molecule has 0 fully saturated rings. The molecule has 2 unspecified atom stereocenters. The first-order valence-electron chi connectivity index (χ1n) is 4.80. The monoisotopic (exact) mass is 271 g/mol. The summed E-state index contributed by atoms with van der Waals surface area (Å²) in [5, 5.41) is 8.87. The lowest BCUT2D eigenvalue weighted by Crippen LogP contribution is -2.36. The molecule has 3 N–H and O–H groups in total. The van der Waals surface area contributed by atoms with Gasteiger partial charge in [0.05, 0.1) is 0 Å². The molecule has 0 saturated heterocycles. The molecular weight excluding hydrogens is 258 g/mol. The summed E-state index contributed by atoms with van der Waals surface area (Å²) in [6, 6.07) is 6.76. The lowest BCUT2D eigenvalue weighted by Gasteiger charge is -2.19. The van der Waals surface area contributed by atoms with Crippen LogP contribution in [-0.4, -0.2) is 17.1 Å². The average Bonchev–Trinajstić information content (AvgIpc) is 2.21. The van der Waals surface area contributed by atoms with Crippen molar-refractivity contribution >= 4 is 21.9 Å². The highest BCUT2D eigenvalue weighted by atomic mass is 79.9. The first-order valence-corrected chi connectivity index (χ1v) is 5.59. The van der Waals surface area contributed by atoms with Gasteiger partial charge in [0.15, 0.2) is 0 Å². The second-order valence-electron chi connectivity index (χ2n) is 3.43. The fourth-order valence-electron chi connectivity index (χ4n) is 1.58. The van der Waals surface area contributed by atoms with Crippen LogP contribution in [0.5, 0.6) is 0 Å². The van der Waals surface area contributed by atoms with Gasteiger partial charge in [-0.2, -0.15) is 0 Å². The van der Waals surface area contributed by atoms with E-state index in [0.717, 1.165) is 16.5 Å². The van der Waals surface area contributed by atoms with Gasteiger partial charge in [0.2, 0.25) is 0 Å². The number of carbonyl (C=O) groups is 1. The molecule has 0 radical (unpaired) electrons. The third-order valence-electron chi connectivity index (χ3n) is 2.46. The zero-order valence-electron chi connectivity index (χ0n) is 8.48. The molecule has 0 amide bonds. The molecule has 15 heavy (non-hydrogen) atoms. The van der Waals surface area contributed by atoms with E-state index in [1.807, 2.05) is 31.2 Å². The number of benzene rings is 1. The molecule has 82 valence electrons. The van der Waals surface area contributed by atoms with E-state index in [1.54, 1.807) is 0 Å². The highest BCUT2D eigenvalue weighted by Gasteiger charge is 2.23. The number of rotatable bonds is 4. The van der Waals surface area contributed by atoms with E-state index in [1.165, 1.54) is 0 Å². The van der Waals surface area contributed by atoms with Crippen LogP contribution in [0.15, 0.2) is 28.7 Å². The Hall–Kier alpha value is -0.870. The summed E-state index contributed by atoms with van der Waals surface area (Å²) >= 11 is 3.33. The maximum Gasteiger partial charge on any atom is 0.321 e. The summed E-state index contributed by atoms with van der Waals surface area (Å²) in [6.07, 6.45) is 0.717. The zero-order valence-corrected chi connectivity index (χ0v) is 10.1. The highest BCUT2D eigenvalue weighted by Crippen LogP contribution is 2.24. The van der Waals surface area contributed by atoms with Crippen molar-refractivity contribution in [2.75, 3.05) is 0 Å². The number of halogens is 1. The number of hydrogen-bond donors (Lipinski definition) is 2. The molecule has 1 aromatic carbocycles. The molecular formula is C11H14BrNO2. The second kappa shape index (κ2) is 5.28. The molecule has 2 atom stereocenters. The minimum atomic E-state index is -0.954. The van der Waals surface area contributed by atoms with Crippen molar-refractivity contribution in [3.8, 4) is 0 Å². The quantitative estimate of drug-likeness (QED) is 0.884. The smallest absolute Gasteiger partial charge is 0.321 e. The van der Waals surface area contributed by atoms with Crippen LogP contribution in [0.25, 0.3) is 0 Å². The van der Waals surface area contributed by atoms with Crippen LogP contribution in [0.2, 0.25) is 0 Å². The number of carboxylic acid groups (broad SMARTS) is 1. The Morgan fingerprint density at radius 1 is 1.47 bits per heavy atom. The van der Waals surface area contributed by atoms with Gasteiger partial charge in [-0.15, -0.1) is 0 Å². The molecule has 0 bridgehead atoms. The molecule has 3 nitrogen and oxygen atoms in total. The standard InChI is InChI=1S/C11H14BrNO2/c1-2-9(10(13)11(14)15)7-3-5-8(12)6-4-7/h3-6,9-10H,2,13H2,1H3,(H,14,15). The Morgan fingerprint density at radius 2 is 2.00 bits per heavy atom. The maximum absolute atomic E-state index is 10.8. The number of carboxylic acids is 1. The third kappa shape index (κ3) is 3.04. The van der Waals surface area contributed by atoms with Crippen LogP contribution >= 0.6 is 15.9 Å². The molecule has 0 saturated carbocycles. The van der Waals surface area contributed by atoms with Crippen molar-refractivity contribution in [2.45, 2.75) is 25.3 Å². The Kier molecular flexibility index (Phi) is 4.29. The summed E-state index contributed by atoms with van der Waals surface area (Å²) in [5.74, 6) is -1.08. The predicted molar refractivity (Wildman–Crippen MR) is 62.8 cm³/mol. The van der Waals surface area contributed by atoms with Gasteiger partial charge < -0.3 is 10.8 Å². The molecule has 4 heteroatoms. The Balaban J connectivity index is 2.92. The van der Waals surface area contributed by atoms with Gasteiger partial charge >= 0.3 is 5.97 Å². The van der Waals surface area contributed by atoms with Crippen molar-refractivity contribution in [2.24, 2.45) is 5.73 Å². The molecule has 0 aliphatic carbocycles. The van der Waals surface area contributed by atoms with Gasteiger partial charge in [-0.1, -0.05) is 35.0 Å². The molecule has 0 aromatic heterocycles. The van der Waals surface area contributed by atoms with E-state index in [2.05, 4.69) is 15.9 Å². The first kappa shape index (κ1) is 12.2. The SMILES string of the molecule is CCC(c1ccc(Br)cc1)C(N)C(=O)O. The largest absolute Gasteiger partial charge is 0.480 e. The zero-order chi connectivity index (χ0) is 11.4. The minimum Gasteiger partial charge on any atom is -0.480 e.